The molecule has 10 heteroatoms. The number of phenolic OH excluding ortho intramolecular Hbond substituents is 1. The lowest BCUT2D eigenvalue weighted by atomic mass is 10.1. The SMILES string of the molecule is CNCc1ccc(-c2nnc(-c3nc(-c4ccc(S(O)(O)C(C)C)cc4)cnc3C)o2)c(O)c1. The van der Waals surface area contributed by atoms with Crippen molar-refractivity contribution < 1.29 is 18.6 Å². The molecule has 0 unspecified atom stereocenters. The summed E-state index contributed by atoms with van der Waals surface area (Å²) in [6, 6.07) is 12.2. The molecule has 0 radical (unpaired) electrons. The van der Waals surface area contributed by atoms with Crippen molar-refractivity contribution in [1.29, 1.82) is 0 Å². The summed E-state index contributed by atoms with van der Waals surface area (Å²) in [4.78, 5) is 9.56. The Morgan fingerprint density at radius 3 is 2.38 bits per heavy atom. The van der Waals surface area contributed by atoms with Crippen LogP contribution in [0.15, 0.2) is 58.0 Å². The Morgan fingerprint density at radius 2 is 1.74 bits per heavy atom. The Bertz CT molecular complexity index is 1310. The van der Waals surface area contributed by atoms with E-state index >= 15 is 0 Å². The van der Waals surface area contributed by atoms with Crippen LogP contribution in [0.4, 0.5) is 0 Å². The topological polar surface area (TPSA) is 137 Å². The summed E-state index contributed by atoms with van der Waals surface area (Å²) >= 11 is 0. The zero-order valence-electron chi connectivity index (χ0n) is 19.4. The van der Waals surface area contributed by atoms with Crippen LogP contribution in [0.25, 0.3) is 34.3 Å². The van der Waals surface area contributed by atoms with E-state index in [2.05, 4.69) is 25.5 Å². The van der Waals surface area contributed by atoms with E-state index in [1.807, 2.05) is 13.1 Å². The molecule has 0 saturated carbocycles. The van der Waals surface area contributed by atoms with Crippen molar-refractivity contribution in [3.8, 4) is 40.0 Å². The molecule has 178 valence electrons. The lowest BCUT2D eigenvalue weighted by molar-refractivity contribution is 0.472. The summed E-state index contributed by atoms with van der Waals surface area (Å²) in [6.45, 7) is 5.97. The number of aromatic hydroxyl groups is 1. The molecule has 0 bridgehead atoms. The summed E-state index contributed by atoms with van der Waals surface area (Å²) in [5.41, 5.74) is 3.73. The van der Waals surface area contributed by atoms with Crippen LogP contribution in [-0.2, 0) is 6.54 Å². The first kappa shape index (κ1) is 23.8. The Morgan fingerprint density at radius 1 is 1.03 bits per heavy atom. The average molecular weight is 482 g/mol. The van der Waals surface area contributed by atoms with E-state index in [9.17, 15) is 14.2 Å². The standard InChI is InChI=1S/C24H27N5O4S/c1-14(2)34(31,32)18-8-6-17(7-9-18)20-13-26-15(3)22(27-20)24-29-28-23(33-24)19-10-5-16(12-25-4)11-21(19)30/h5-11,13-14,25,30-32H,12H2,1-4H3. The molecule has 0 aliphatic heterocycles. The van der Waals surface area contributed by atoms with Gasteiger partial charge in [-0.15, -0.1) is 10.2 Å². The minimum atomic E-state index is -2.86. The summed E-state index contributed by atoms with van der Waals surface area (Å²) in [5, 5.41) is 21.4. The number of aryl methyl sites for hydroxylation is 1. The second-order valence-electron chi connectivity index (χ2n) is 8.15. The van der Waals surface area contributed by atoms with E-state index in [-0.39, 0.29) is 22.8 Å². The number of phenols is 1. The molecule has 2 aromatic carbocycles. The van der Waals surface area contributed by atoms with Crippen LogP contribution in [0.2, 0.25) is 0 Å². The van der Waals surface area contributed by atoms with Crippen LogP contribution >= 0.6 is 10.6 Å². The van der Waals surface area contributed by atoms with Crippen molar-refractivity contribution in [2.24, 2.45) is 0 Å². The minimum absolute atomic E-state index is 0.0481. The molecular formula is C24H27N5O4S. The molecule has 2 aromatic heterocycles. The molecular weight excluding hydrogens is 454 g/mol. The third-order valence-electron chi connectivity index (χ3n) is 5.41. The van der Waals surface area contributed by atoms with Gasteiger partial charge in [0.05, 0.1) is 28.0 Å². The Hall–Kier alpha value is -3.31. The van der Waals surface area contributed by atoms with Crippen LogP contribution in [0.1, 0.15) is 25.1 Å². The highest BCUT2D eigenvalue weighted by molar-refractivity contribution is 8.24. The number of hydrogen-bond acceptors (Lipinski definition) is 9. The molecule has 34 heavy (non-hydrogen) atoms. The van der Waals surface area contributed by atoms with Gasteiger partial charge in [-0.05, 0) is 57.6 Å². The highest BCUT2D eigenvalue weighted by atomic mass is 32.3. The van der Waals surface area contributed by atoms with Gasteiger partial charge in [-0.2, -0.15) is 10.6 Å². The van der Waals surface area contributed by atoms with Crippen LogP contribution in [0.3, 0.4) is 0 Å². The number of rotatable bonds is 7. The third-order valence-corrected chi connectivity index (χ3v) is 7.69. The molecule has 0 amide bonds. The van der Waals surface area contributed by atoms with Crippen LogP contribution in [0.5, 0.6) is 5.75 Å². The highest BCUT2D eigenvalue weighted by Crippen LogP contribution is 2.52. The van der Waals surface area contributed by atoms with E-state index < -0.39 is 10.6 Å². The Labute approximate surface area is 199 Å². The van der Waals surface area contributed by atoms with Gasteiger partial charge in [-0.1, -0.05) is 18.2 Å². The van der Waals surface area contributed by atoms with Crippen molar-refractivity contribution in [3.63, 3.8) is 0 Å². The van der Waals surface area contributed by atoms with E-state index in [0.717, 1.165) is 11.1 Å². The van der Waals surface area contributed by atoms with Gasteiger partial charge in [0.15, 0.2) is 0 Å². The lowest BCUT2D eigenvalue weighted by Crippen LogP contribution is -2.10. The lowest BCUT2D eigenvalue weighted by Gasteiger charge is -2.36. The van der Waals surface area contributed by atoms with Crippen molar-refractivity contribution >= 4 is 10.6 Å². The van der Waals surface area contributed by atoms with Crippen molar-refractivity contribution in [1.82, 2.24) is 25.5 Å². The first-order chi connectivity index (χ1) is 16.2. The maximum Gasteiger partial charge on any atom is 0.268 e. The van der Waals surface area contributed by atoms with Gasteiger partial charge in [-0.25, -0.2) is 4.98 Å². The molecule has 0 aliphatic rings. The van der Waals surface area contributed by atoms with E-state index in [1.165, 1.54) is 0 Å². The van der Waals surface area contributed by atoms with Crippen LogP contribution in [-0.4, -0.2) is 46.7 Å². The van der Waals surface area contributed by atoms with Crippen LogP contribution < -0.4 is 5.32 Å². The largest absolute Gasteiger partial charge is 0.507 e. The Kier molecular flexibility index (Phi) is 6.67. The number of aromatic nitrogens is 4. The predicted molar refractivity (Wildman–Crippen MR) is 132 cm³/mol. The summed E-state index contributed by atoms with van der Waals surface area (Å²) < 4.78 is 26.6. The number of nitrogens with zero attached hydrogens (tertiary/aromatic N) is 4. The molecule has 4 aromatic rings. The molecule has 9 nitrogen and oxygen atoms in total. The molecule has 4 rings (SSSR count). The Balaban J connectivity index is 1.65. The zero-order valence-corrected chi connectivity index (χ0v) is 20.2. The fourth-order valence-corrected chi connectivity index (χ4v) is 4.47. The molecule has 0 spiro atoms. The number of nitrogens with one attached hydrogen (secondary N) is 1. The van der Waals surface area contributed by atoms with Gasteiger partial charge in [0.2, 0.25) is 0 Å². The third kappa shape index (κ3) is 4.66. The second-order valence-corrected chi connectivity index (χ2v) is 10.7. The first-order valence-corrected chi connectivity index (χ1v) is 12.3. The van der Waals surface area contributed by atoms with E-state index in [4.69, 9.17) is 4.42 Å². The monoisotopic (exact) mass is 481 g/mol. The molecule has 4 N–H and O–H groups in total. The second kappa shape index (κ2) is 9.51. The maximum atomic E-state index is 10.4. The highest BCUT2D eigenvalue weighted by Gasteiger charge is 2.21. The maximum absolute atomic E-state index is 10.4. The van der Waals surface area contributed by atoms with Gasteiger partial charge >= 0.3 is 0 Å². The summed E-state index contributed by atoms with van der Waals surface area (Å²) in [5.74, 6) is 0.413. The zero-order chi connectivity index (χ0) is 24.5. The fraction of sp³-hybridized carbons (Fsp3) is 0.250. The molecule has 0 fully saturated rings. The normalized spacial score (nSPS) is 12.3. The number of benzene rings is 2. The summed E-state index contributed by atoms with van der Waals surface area (Å²) in [7, 11) is -1.03. The van der Waals surface area contributed by atoms with Crippen molar-refractivity contribution in [2.45, 2.75) is 37.5 Å². The summed E-state index contributed by atoms with van der Waals surface area (Å²) in [6.07, 6.45) is 1.64. The van der Waals surface area contributed by atoms with Crippen molar-refractivity contribution in [3.05, 3.63) is 59.9 Å². The smallest absolute Gasteiger partial charge is 0.268 e. The number of hydrogen-bond donors (Lipinski definition) is 4. The molecule has 0 saturated heterocycles. The van der Waals surface area contributed by atoms with Gasteiger partial charge < -0.3 is 14.8 Å². The van der Waals surface area contributed by atoms with Gasteiger partial charge in [0.25, 0.3) is 11.8 Å². The molecule has 0 atom stereocenters. The quantitative estimate of drug-likeness (QED) is 0.284. The van der Waals surface area contributed by atoms with Crippen molar-refractivity contribution in [2.75, 3.05) is 7.05 Å². The predicted octanol–water partition coefficient (Wildman–Crippen LogP) is 5.11. The molecule has 0 aliphatic carbocycles. The first-order valence-electron chi connectivity index (χ1n) is 10.7. The van der Waals surface area contributed by atoms with Gasteiger partial charge in [-0.3, -0.25) is 14.1 Å². The van der Waals surface area contributed by atoms with Gasteiger partial charge in [0, 0.05) is 17.4 Å². The van der Waals surface area contributed by atoms with Crippen LogP contribution in [0, 0.1) is 6.92 Å². The van der Waals surface area contributed by atoms with E-state index in [1.54, 1.807) is 63.4 Å². The fourth-order valence-electron chi connectivity index (χ4n) is 3.39. The molecule has 2 heterocycles. The average Bonchev–Trinajstić information content (AvgIpc) is 3.29. The van der Waals surface area contributed by atoms with Gasteiger partial charge in [0.1, 0.15) is 11.4 Å². The van der Waals surface area contributed by atoms with E-state index in [0.29, 0.717) is 34.1 Å². The minimum Gasteiger partial charge on any atom is -0.507 e.